The molecule has 0 aliphatic carbocycles. The molecule has 5 aromatic rings. The fraction of sp³-hybridized carbons (Fsp3) is 0.279. The number of rotatable bonds is 15. The van der Waals surface area contributed by atoms with Crippen LogP contribution in [-0.2, 0) is 21.7 Å². The Morgan fingerprint density at radius 1 is 0.745 bits per heavy atom. The summed E-state index contributed by atoms with van der Waals surface area (Å²) in [4.78, 5) is 13.5. The molecule has 0 saturated carbocycles. The summed E-state index contributed by atoms with van der Waals surface area (Å²) in [6.07, 6.45) is -1.27. The summed E-state index contributed by atoms with van der Waals surface area (Å²) in [5, 5.41) is 21.5. The second-order valence-corrected chi connectivity index (χ2v) is 12.8. The summed E-state index contributed by atoms with van der Waals surface area (Å²) >= 11 is 0. The molecule has 0 spiro atoms. The zero-order chi connectivity index (χ0) is 35.5. The lowest BCUT2D eigenvalue weighted by Gasteiger charge is -2.43. The van der Waals surface area contributed by atoms with Gasteiger partial charge < -0.3 is 34.1 Å². The van der Waals surface area contributed by atoms with E-state index in [2.05, 4.69) is 36.4 Å². The topological polar surface area (TPSA) is 97.7 Å². The smallest absolute Gasteiger partial charge is 0.407 e. The minimum absolute atomic E-state index is 0.0187. The summed E-state index contributed by atoms with van der Waals surface area (Å²) in [6.45, 7) is 1.93. The number of benzene rings is 5. The molecule has 1 aliphatic heterocycles. The van der Waals surface area contributed by atoms with Crippen LogP contribution in [0.3, 0.4) is 0 Å². The average molecular weight is 688 g/mol. The maximum absolute atomic E-state index is 12.2. The fourth-order valence-corrected chi connectivity index (χ4v) is 7.07. The van der Waals surface area contributed by atoms with Gasteiger partial charge in [-0.25, -0.2) is 4.79 Å². The predicted octanol–water partition coefficient (Wildman–Crippen LogP) is 7.74. The molecule has 0 bridgehead atoms. The molecule has 8 nitrogen and oxygen atoms in total. The minimum atomic E-state index is -1.06. The summed E-state index contributed by atoms with van der Waals surface area (Å²) in [5.74, 6) is 0.819. The molecule has 3 unspecified atom stereocenters. The number of para-hydroxylation sites is 1. The van der Waals surface area contributed by atoms with E-state index in [4.69, 9.17) is 18.9 Å². The van der Waals surface area contributed by atoms with Crippen molar-refractivity contribution in [2.75, 3.05) is 40.0 Å². The molecular formula is C43H45NO7. The first kappa shape index (κ1) is 35.7. The average Bonchev–Trinajstić information content (AvgIpc) is 3.18. The van der Waals surface area contributed by atoms with Crippen molar-refractivity contribution < 1.29 is 34.0 Å². The number of amides is 1. The number of aliphatic hydroxyl groups is 1. The van der Waals surface area contributed by atoms with Crippen molar-refractivity contribution in [3.05, 3.63) is 167 Å². The highest BCUT2D eigenvalue weighted by molar-refractivity contribution is 5.65. The van der Waals surface area contributed by atoms with Crippen LogP contribution in [0.15, 0.2) is 140 Å². The number of hydrogen-bond acceptors (Lipinski definition) is 6. The Morgan fingerprint density at radius 3 is 1.88 bits per heavy atom. The van der Waals surface area contributed by atoms with E-state index in [0.717, 1.165) is 33.6 Å². The molecule has 1 aliphatic rings. The molecule has 5 aromatic carbocycles. The van der Waals surface area contributed by atoms with Crippen LogP contribution < -0.4 is 9.47 Å². The number of ether oxygens (including phenoxy) is 4. The van der Waals surface area contributed by atoms with Gasteiger partial charge in [-0.2, -0.15) is 0 Å². The van der Waals surface area contributed by atoms with Gasteiger partial charge in [0.05, 0.1) is 46.2 Å². The van der Waals surface area contributed by atoms with Gasteiger partial charge in [0, 0.05) is 30.4 Å². The highest BCUT2D eigenvalue weighted by atomic mass is 16.5. The normalized spacial score (nSPS) is 17.5. The van der Waals surface area contributed by atoms with Crippen molar-refractivity contribution in [1.29, 1.82) is 0 Å². The largest absolute Gasteiger partial charge is 0.496 e. The summed E-state index contributed by atoms with van der Waals surface area (Å²) in [5.41, 5.74) is 3.80. The van der Waals surface area contributed by atoms with Gasteiger partial charge in [0.25, 0.3) is 0 Å². The van der Waals surface area contributed by atoms with Gasteiger partial charge in [0.2, 0.25) is 0 Å². The van der Waals surface area contributed by atoms with E-state index in [0.29, 0.717) is 32.0 Å². The highest BCUT2D eigenvalue weighted by Gasteiger charge is 2.43. The van der Waals surface area contributed by atoms with Gasteiger partial charge >= 0.3 is 6.09 Å². The highest BCUT2D eigenvalue weighted by Crippen LogP contribution is 2.43. The Labute approximate surface area is 299 Å². The Bertz CT molecular complexity index is 1700. The van der Waals surface area contributed by atoms with E-state index in [1.165, 1.54) is 4.90 Å². The summed E-state index contributed by atoms with van der Waals surface area (Å²) in [7, 11) is 1.65. The molecule has 3 atom stereocenters. The fourth-order valence-electron chi connectivity index (χ4n) is 7.07. The van der Waals surface area contributed by atoms with Crippen LogP contribution in [0.5, 0.6) is 11.5 Å². The van der Waals surface area contributed by atoms with Crippen molar-refractivity contribution in [1.82, 2.24) is 4.90 Å². The summed E-state index contributed by atoms with van der Waals surface area (Å²) in [6, 6.07) is 45.8. The third-order valence-electron chi connectivity index (χ3n) is 9.53. The van der Waals surface area contributed by atoms with Crippen LogP contribution >= 0.6 is 0 Å². The zero-order valence-corrected chi connectivity index (χ0v) is 28.8. The van der Waals surface area contributed by atoms with Gasteiger partial charge in [0.15, 0.2) is 0 Å². The molecular weight excluding hydrogens is 642 g/mol. The van der Waals surface area contributed by atoms with E-state index < -0.39 is 17.8 Å². The van der Waals surface area contributed by atoms with Crippen molar-refractivity contribution in [3.63, 3.8) is 0 Å². The van der Waals surface area contributed by atoms with Crippen LogP contribution in [0.2, 0.25) is 0 Å². The lowest BCUT2D eigenvalue weighted by Crippen LogP contribution is -2.52. The molecule has 8 heteroatoms. The Kier molecular flexibility index (Phi) is 12.0. The molecule has 0 radical (unpaired) electrons. The van der Waals surface area contributed by atoms with E-state index in [1.807, 2.05) is 103 Å². The first-order valence-corrected chi connectivity index (χ1v) is 17.4. The van der Waals surface area contributed by atoms with Crippen LogP contribution in [-0.4, -0.2) is 67.3 Å². The number of methoxy groups -OCH3 is 1. The maximum Gasteiger partial charge on any atom is 0.407 e. The zero-order valence-electron chi connectivity index (χ0n) is 28.8. The number of β-amino-alcohol motifs (C(OH)–C–C–N with tert-alkyl or cyclic N) is 1. The minimum Gasteiger partial charge on any atom is -0.496 e. The van der Waals surface area contributed by atoms with Gasteiger partial charge in [-0.3, -0.25) is 0 Å². The second-order valence-electron chi connectivity index (χ2n) is 12.8. The third-order valence-corrected chi connectivity index (χ3v) is 9.53. The lowest BCUT2D eigenvalue weighted by molar-refractivity contribution is -0.0513. The first-order chi connectivity index (χ1) is 25.0. The second kappa shape index (κ2) is 17.2. The van der Waals surface area contributed by atoms with Crippen LogP contribution in [0, 0.1) is 5.92 Å². The van der Waals surface area contributed by atoms with Crippen LogP contribution in [0.25, 0.3) is 0 Å². The number of carboxylic acid groups (broad SMARTS) is 1. The van der Waals surface area contributed by atoms with E-state index >= 15 is 0 Å². The molecule has 1 saturated heterocycles. The maximum atomic E-state index is 12.2. The number of nitrogens with zero attached hydrogens (tertiary/aromatic N) is 1. The Balaban J connectivity index is 1.18. The van der Waals surface area contributed by atoms with Gasteiger partial charge in [-0.15, -0.1) is 0 Å². The molecule has 1 heterocycles. The molecule has 1 amide bonds. The number of carbonyl (C=O) groups is 1. The van der Waals surface area contributed by atoms with Crippen molar-refractivity contribution in [2.45, 2.75) is 30.7 Å². The van der Waals surface area contributed by atoms with E-state index in [1.54, 1.807) is 7.11 Å². The molecule has 0 aromatic heterocycles. The van der Waals surface area contributed by atoms with Gasteiger partial charge in [-0.1, -0.05) is 121 Å². The van der Waals surface area contributed by atoms with Crippen LogP contribution in [0.1, 0.15) is 40.2 Å². The SMILES string of the molecule is COc1ccccc1COCCCOc1ccc(C2C(O)CN(C(=O)O)CC2COC(c2ccccc2)(c2ccccc2)c2ccccc2)cc1. The molecule has 51 heavy (non-hydrogen) atoms. The monoisotopic (exact) mass is 687 g/mol. The molecule has 2 N–H and O–H groups in total. The van der Waals surface area contributed by atoms with Crippen molar-refractivity contribution >= 4 is 6.09 Å². The third kappa shape index (κ3) is 8.43. The van der Waals surface area contributed by atoms with E-state index in [9.17, 15) is 15.0 Å². The standard InChI is InChI=1S/C43H45NO7/c1-48-40-21-12-11-14-33(40)30-49-26-13-27-50-38-24-22-32(23-25-38)41-34(28-44(42(46)47)29-39(41)45)31-51-43(35-15-5-2-6-16-35,36-17-7-3-8-18-36)37-19-9-4-10-20-37/h2-12,14-25,34,39,41,45H,13,26-31H2,1H3,(H,46,47). The predicted molar refractivity (Wildman–Crippen MR) is 196 cm³/mol. The molecule has 6 rings (SSSR count). The van der Waals surface area contributed by atoms with E-state index in [-0.39, 0.29) is 31.5 Å². The number of aliphatic hydroxyl groups excluding tert-OH is 1. The molecule has 1 fully saturated rings. The van der Waals surface area contributed by atoms with Crippen molar-refractivity contribution in [3.8, 4) is 11.5 Å². The Morgan fingerprint density at radius 2 is 1.31 bits per heavy atom. The lowest BCUT2D eigenvalue weighted by atomic mass is 9.77. The quantitative estimate of drug-likeness (QED) is 0.0859. The number of piperidine rings is 1. The number of hydrogen-bond donors (Lipinski definition) is 2. The van der Waals surface area contributed by atoms with Gasteiger partial charge in [-0.05, 0) is 40.5 Å². The van der Waals surface area contributed by atoms with Gasteiger partial charge in [0.1, 0.15) is 17.1 Å². The summed E-state index contributed by atoms with van der Waals surface area (Å²) < 4.78 is 24.4. The molecule has 264 valence electrons. The van der Waals surface area contributed by atoms with Crippen LogP contribution in [0.4, 0.5) is 4.79 Å². The first-order valence-electron chi connectivity index (χ1n) is 17.4. The number of likely N-dealkylation sites (tertiary alicyclic amines) is 1. The Hall–Kier alpha value is -5.15. The van der Waals surface area contributed by atoms with Crippen molar-refractivity contribution in [2.24, 2.45) is 5.92 Å².